The zero-order valence-electron chi connectivity index (χ0n) is 12.1. The van der Waals surface area contributed by atoms with E-state index in [9.17, 15) is 4.79 Å². The number of carbonyl (C=O) groups is 1. The normalized spacial score (nSPS) is 18.4. The van der Waals surface area contributed by atoms with Gasteiger partial charge in [0.1, 0.15) is 5.78 Å². The molecule has 1 aliphatic rings. The van der Waals surface area contributed by atoms with Crippen molar-refractivity contribution in [3.63, 3.8) is 0 Å². The van der Waals surface area contributed by atoms with Crippen LogP contribution in [-0.2, 0) is 4.79 Å². The molecular weight excluding hydrogens is 220 g/mol. The lowest BCUT2D eigenvalue weighted by Crippen LogP contribution is -1.91. The zero-order valence-corrected chi connectivity index (χ0v) is 12.1. The fourth-order valence-electron chi connectivity index (χ4n) is 2.78. The van der Waals surface area contributed by atoms with Gasteiger partial charge in [-0.05, 0) is 38.5 Å². The molecule has 1 heteroatoms. The van der Waals surface area contributed by atoms with Crippen molar-refractivity contribution in [3.8, 4) is 0 Å². The summed E-state index contributed by atoms with van der Waals surface area (Å²) in [5, 5.41) is 0. The number of carbonyl (C=O) groups excluding carboxylic acids is 1. The molecule has 0 radical (unpaired) electrons. The van der Waals surface area contributed by atoms with Gasteiger partial charge in [-0.2, -0.15) is 0 Å². The van der Waals surface area contributed by atoms with E-state index < -0.39 is 0 Å². The number of hydrogen-bond donors (Lipinski definition) is 0. The Kier molecular flexibility index (Phi) is 8.89. The van der Waals surface area contributed by atoms with Crippen LogP contribution >= 0.6 is 0 Å². The molecule has 1 atom stereocenters. The van der Waals surface area contributed by atoms with Gasteiger partial charge in [0.15, 0.2) is 0 Å². The summed E-state index contributed by atoms with van der Waals surface area (Å²) in [5.41, 5.74) is 0. The molecule has 0 heterocycles. The van der Waals surface area contributed by atoms with Gasteiger partial charge in [0.05, 0.1) is 0 Å². The number of unbranched alkanes of at least 4 members (excludes halogenated alkanes) is 7. The maximum Gasteiger partial charge on any atom is 0.129 e. The summed E-state index contributed by atoms with van der Waals surface area (Å²) < 4.78 is 0. The van der Waals surface area contributed by atoms with Crippen LogP contribution in [0.15, 0.2) is 12.2 Å². The highest BCUT2D eigenvalue weighted by atomic mass is 16.1. The Hall–Kier alpha value is -0.590. The maximum absolute atomic E-state index is 10.8. The van der Waals surface area contributed by atoms with E-state index in [1.165, 1.54) is 64.2 Å². The van der Waals surface area contributed by atoms with Gasteiger partial charge >= 0.3 is 0 Å². The van der Waals surface area contributed by atoms with Crippen LogP contribution in [0.3, 0.4) is 0 Å². The Morgan fingerprint density at radius 3 is 2.17 bits per heavy atom. The average Bonchev–Trinajstić information content (AvgIpc) is 2.84. The molecule has 0 fully saturated rings. The Bertz CT molecular complexity index is 242. The number of allylic oxidation sites excluding steroid dienone is 2. The molecule has 0 spiro atoms. The van der Waals surface area contributed by atoms with Gasteiger partial charge in [0.2, 0.25) is 0 Å². The fraction of sp³-hybridized carbons (Fsp3) is 0.824. The van der Waals surface area contributed by atoms with Crippen molar-refractivity contribution in [3.05, 3.63) is 12.2 Å². The van der Waals surface area contributed by atoms with Gasteiger partial charge in [0.25, 0.3) is 0 Å². The van der Waals surface area contributed by atoms with E-state index in [0.717, 1.165) is 18.8 Å². The number of ketones is 1. The van der Waals surface area contributed by atoms with Crippen molar-refractivity contribution < 1.29 is 4.79 Å². The molecule has 18 heavy (non-hydrogen) atoms. The average molecular weight is 250 g/mol. The van der Waals surface area contributed by atoms with Crippen LogP contribution in [0.25, 0.3) is 0 Å². The molecular formula is C17H30O. The van der Waals surface area contributed by atoms with E-state index in [-0.39, 0.29) is 0 Å². The molecule has 0 aromatic heterocycles. The van der Waals surface area contributed by atoms with Gasteiger partial charge in [-0.25, -0.2) is 0 Å². The second-order valence-electron chi connectivity index (χ2n) is 5.83. The van der Waals surface area contributed by atoms with Gasteiger partial charge in [-0.1, -0.05) is 57.1 Å². The van der Waals surface area contributed by atoms with Crippen LogP contribution in [0.1, 0.15) is 84.0 Å². The SMILES string of the molecule is CC(=O)CCCCCCCCCC[C@H]1C=CCC1. The van der Waals surface area contributed by atoms with Crippen molar-refractivity contribution in [2.45, 2.75) is 84.0 Å². The summed E-state index contributed by atoms with van der Waals surface area (Å²) >= 11 is 0. The van der Waals surface area contributed by atoms with Gasteiger partial charge in [-0.3, -0.25) is 0 Å². The smallest absolute Gasteiger partial charge is 0.129 e. The predicted octanol–water partition coefficient (Wildman–Crippen LogP) is 5.44. The molecule has 0 saturated carbocycles. The Morgan fingerprint density at radius 1 is 1.00 bits per heavy atom. The molecule has 1 rings (SSSR count). The minimum Gasteiger partial charge on any atom is -0.300 e. The molecule has 0 aliphatic heterocycles. The zero-order chi connectivity index (χ0) is 13.1. The first-order chi connectivity index (χ1) is 8.79. The molecule has 0 aromatic rings. The Morgan fingerprint density at radius 2 is 1.61 bits per heavy atom. The number of rotatable bonds is 11. The van der Waals surface area contributed by atoms with E-state index in [1.807, 2.05) is 0 Å². The standard InChI is InChI=1S/C17H30O/c1-16(18)12-8-6-4-2-3-5-7-9-13-17-14-10-11-15-17/h10,14,17H,2-9,11-13,15H2,1H3/t17-/m0/s1. The predicted molar refractivity (Wildman–Crippen MR) is 78.7 cm³/mol. The molecule has 0 unspecified atom stereocenters. The van der Waals surface area contributed by atoms with Crippen molar-refractivity contribution in [1.82, 2.24) is 0 Å². The summed E-state index contributed by atoms with van der Waals surface area (Å²) in [6.07, 6.45) is 20.3. The molecule has 0 aromatic carbocycles. The summed E-state index contributed by atoms with van der Waals surface area (Å²) in [4.78, 5) is 10.8. The summed E-state index contributed by atoms with van der Waals surface area (Å²) in [6, 6.07) is 0. The first-order valence-electron chi connectivity index (χ1n) is 7.95. The van der Waals surface area contributed by atoms with Crippen molar-refractivity contribution in [2.75, 3.05) is 0 Å². The molecule has 104 valence electrons. The van der Waals surface area contributed by atoms with E-state index in [2.05, 4.69) is 12.2 Å². The summed E-state index contributed by atoms with van der Waals surface area (Å²) in [6.45, 7) is 1.69. The summed E-state index contributed by atoms with van der Waals surface area (Å²) in [5.74, 6) is 1.24. The third kappa shape index (κ3) is 8.49. The van der Waals surface area contributed by atoms with Crippen molar-refractivity contribution in [1.29, 1.82) is 0 Å². The van der Waals surface area contributed by atoms with Crippen molar-refractivity contribution in [2.24, 2.45) is 5.92 Å². The van der Waals surface area contributed by atoms with Gasteiger partial charge in [0, 0.05) is 6.42 Å². The fourth-order valence-corrected chi connectivity index (χ4v) is 2.78. The molecule has 0 saturated heterocycles. The van der Waals surface area contributed by atoms with E-state index in [4.69, 9.17) is 0 Å². The highest BCUT2D eigenvalue weighted by Crippen LogP contribution is 2.23. The first kappa shape index (κ1) is 15.5. The second-order valence-corrected chi connectivity index (χ2v) is 5.83. The first-order valence-corrected chi connectivity index (χ1v) is 7.95. The lowest BCUT2D eigenvalue weighted by atomic mass is 9.99. The Labute approximate surface area is 113 Å². The molecule has 0 amide bonds. The molecule has 0 bridgehead atoms. The van der Waals surface area contributed by atoms with Gasteiger partial charge in [-0.15, -0.1) is 0 Å². The number of Topliss-reactive ketones (excluding diaryl/α,β-unsaturated/α-hetero) is 1. The van der Waals surface area contributed by atoms with Crippen LogP contribution in [-0.4, -0.2) is 5.78 Å². The largest absolute Gasteiger partial charge is 0.300 e. The van der Waals surface area contributed by atoms with Crippen LogP contribution in [0.2, 0.25) is 0 Å². The van der Waals surface area contributed by atoms with Crippen LogP contribution in [0, 0.1) is 5.92 Å². The second kappa shape index (κ2) is 10.3. The van der Waals surface area contributed by atoms with Crippen LogP contribution in [0.5, 0.6) is 0 Å². The minimum absolute atomic E-state index is 0.343. The Balaban J connectivity index is 1.73. The summed E-state index contributed by atoms with van der Waals surface area (Å²) in [7, 11) is 0. The number of hydrogen-bond acceptors (Lipinski definition) is 1. The van der Waals surface area contributed by atoms with E-state index in [1.54, 1.807) is 6.92 Å². The molecule has 1 nitrogen and oxygen atoms in total. The minimum atomic E-state index is 0.343. The molecule has 1 aliphatic carbocycles. The van der Waals surface area contributed by atoms with Crippen LogP contribution in [0.4, 0.5) is 0 Å². The lowest BCUT2D eigenvalue weighted by molar-refractivity contribution is -0.117. The van der Waals surface area contributed by atoms with Gasteiger partial charge < -0.3 is 4.79 Å². The third-order valence-corrected chi connectivity index (χ3v) is 3.97. The topological polar surface area (TPSA) is 17.1 Å². The third-order valence-electron chi connectivity index (χ3n) is 3.97. The highest BCUT2D eigenvalue weighted by molar-refractivity contribution is 5.75. The quantitative estimate of drug-likeness (QED) is 0.352. The highest BCUT2D eigenvalue weighted by Gasteiger charge is 2.07. The van der Waals surface area contributed by atoms with E-state index in [0.29, 0.717) is 5.78 Å². The van der Waals surface area contributed by atoms with E-state index >= 15 is 0 Å². The van der Waals surface area contributed by atoms with Crippen molar-refractivity contribution >= 4 is 5.78 Å². The lowest BCUT2D eigenvalue weighted by Gasteiger charge is -2.06. The molecule has 0 N–H and O–H groups in total. The maximum atomic E-state index is 10.8. The van der Waals surface area contributed by atoms with Crippen LogP contribution < -0.4 is 0 Å². The monoisotopic (exact) mass is 250 g/mol.